The Kier molecular flexibility index (Phi) is 5.56. The summed E-state index contributed by atoms with van der Waals surface area (Å²) in [5, 5.41) is 5.54. The van der Waals surface area contributed by atoms with Crippen LogP contribution >= 0.6 is 15.9 Å². The van der Waals surface area contributed by atoms with Crippen molar-refractivity contribution < 1.29 is 14.4 Å². The van der Waals surface area contributed by atoms with Crippen LogP contribution < -0.4 is 10.6 Å². The Morgan fingerprint density at radius 3 is 2.36 bits per heavy atom. The number of imide groups is 1. The quantitative estimate of drug-likeness (QED) is 0.694. The fourth-order valence-electron chi connectivity index (χ4n) is 3.19. The van der Waals surface area contributed by atoms with Crippen LogP contribution in [0.2, 0.25) is 0 Å². The number of aryl methyl sites for hydroxylation is 1. The van der Waals surface area contributed by atoms with E-state index in [1.165, 1.54) is 0 Å². The van der Waals surface area contributed by atoms with Crippen LogP contribution in [0.15, 0.2) is 53.0 Å². The van der Waals surface area contributed by atoms with Crippen molar-refractivity contribution >= 4 is 33.8 Å². The van der Waals surface area contributed by atoms with Gasteiger partial charge in [0.2, 0.25) is 5.91 Å². The lowest BCUT2D eigenvalue weighted by Gasteiger charge is -2.22. The zero-order valence-corrected chi connectivity index (χ0v) is 17.5. The molecule has 1 saturated heterocycles. The number of hydrogen-bond acceptors (Lipinski definition) is 3. The van der Waals surface area contributed by atoms with Gasteiger partial charge in [-0.2, -0.15) is 0 Å². The van der Waals surface area contributed by atoms with Gasteiger partial charge in [-0.25, -0.2) is 4.79 Å². The van der Waals surface area contributed by atoms with Crippen LogP contribution in [-0.4, -0.2) is 29.3 Å². The molecule has 0 saturated carbocycles. The summed E-state index contributed by atoms with van der Waals surface area (Å²) in [6, 6.07) is 14.2. The summed E-state index contributed by atoms with van der Waals surface area (Å²) in [7, 11) is 0. The monoisotopic (exact) mass is 443 g/mol. The number of hydrogen-bond donors (Lipinski definition) is 2. The van der Waals surface area contributed by atoms with E-state index in [0.29, 0.717) is 5.56 Å². The van der Waals surface area contributed by atoms with Gasteiger partial charge in [-0.15, -0.1) is 0 Å². The molecule has 0 radical (unpaired) electrons. The zero-order valence-electron chi connectivity index (χ0n) is 16.0. The Morgan fingerprint density at radius 1 is 1.14 bits per heavy atom. The molecule has 2 unspecified atom stereocenters. The Balaban J connectivity index is 1.69. The number of nitrogens with one attached hydrogen (secondary N) is 2. The largest absolute Gasteiger partial charge is 0.348 e. The third kappa shape index (κ3) is 3.94. The summed E-state index contributed by atoms with van der Waals surface area (Å²) in [6.45, 7) is 5.13. The van der Waals surface area contributed by atoms with Crippen molar-refractivity contribution in [1.29, 1.82) is 0 Å². The Morgan fingerprint density at radius 2 is 1.75 bits per heavy atom. The smallest absolute Gasteiger partial charge is 0.325 e. The maximum atomic E-state index is 12.9. The van der Waals surface area contributed by atoms with Gasteiger partial charge >= 0.3 is 6.03 Å². The second-order valence-corrected chi connectivity index (χ2v) is 8.07. The van der Waals surface area contributed by atoms with Crippen molar-refractivity contribution in [2.75, 3.05) is 6.54 Å². The third-order valence-electron chi connectivity index (χ3n) is 4.95. The first-order valence-electron chi connectivity index (χ1n) is 8.97. The molecule has 6 nitrogen and oxygen atoms in total. The lowest BCUT2D eigenvalue weighted by Crippen LogP contribution is -2.43. The molecule has 1 aliphatic heterocycles. The summed E-state index contributed by atoms with van der Waals surface area (Å²) in [6.07, 6.45) is 0. The van der Waals surface area contributed by atoms with Gasteiger partial charge in [-0.1, -0.05) is 57.9 Å². The van der Waals surface area contributed by atoms with Crippen molar-refractivity contribution in [2.24, 2.45) is 0 Å². The summed E-state index contributed by atoms with van der Waals surface area (Å²) in [4.78, 5) is 38.7. The van der Waals surface area contributed by atoms with Gasteiger partial charge in [-0.05, 0) is 44.0 Å². The summed E-state index contributed by atoms with van der Waals surface area (Å²) in [5.74, 6) is -0.833. The molecule has 3 rings (SSSR count). The molecule has 7 heteroatoms. The second-order valence-electron chi connectivity index (χ2n) is 7.15. The molecule has 0 aliphatic carbocycles. The van der Waals surface area contributed by atoms with Gasteiger partial charge in [0.1, 0.15) is 12.1 Å². The molecule has 2 atom stereocenters. The normalized spacial score (nSPS) is 20.1. The SMILES string of the molecule is Cc1ccc(C2(C)NC(=O)N(CC(=O)NC(C)c3ccc(Br)cc3)C2=O)cc1. The first-order valence-corrected chi connectivity index (χ1v) is 9.76. The zero-order chi connectivity index (χ0) is 20.5. The number of carbonyl (C=O) groups excluding carboxylic acids is 3. The van der Waals surface area contributed by atoms with Gasteiger partial charge in [-0.3, -0.25) is 14.5 Å². The average Bonchev–Trinajstić information content (AvgIpc) is 2.86. The van der Waals surface area contributed by atoms with Crippen LogP contribution in [0.5, 0.6) is 0 Å². The highest BCUT2D eigenvalue weighted by atomic mass is 79.9. The fraction of sp³-hybridized carbons (Fsp3) is 0.286. The van der Waals surface area contributed by atoms with Gasteiger partial charge in [0, 0.05) is 4.47 Å². The second kappa shape index (κ2) is 7.75. The van der Waals surface area contributed by atoms with Crippen molar-refractivity contribution in [3.63, 3.8) is 0 Å². The number of halogens is 1. The topological polar surface area (TPSA) is 78.5 Å². The van der Waals surface area contributed by atoms with Crippen LogP contribution in [-0.2, 0) is 15.1 Å². The van der Waals surface area contributed by atoms with Crippen LogP contribution in [0.25, 0.3) is 0 Å². The van der Waals surface area contributed by atoms with Gasteiger partial charge in [0.15, 0.2) is 0 Å². The number of amides is 4. The van der Waals surface area contributed by atoms with Gasteiger partial charge in [0.05, 0.1) is 6.04 Å². The predicted molar refractivity (Wildman–Crippen MR) is 109 cm³/mol. The number of benzene rings is 2. The number of carbonyl (C=O) groups is 3. The van der Waals surface area contributed by atoms with Crippen molar-refractivity contribution in [1.82, 2.24) is 15.5 Å². The molecule has 0 spiro atoms. The molecule has 1 heterocycles. The molecule has 0 aromatic heterocycles. The standard InChI is InChI=1S/C21H22BrN3O3/c1-13-4-8-16(9-5-13)21(3)19(27)25(20(28)24-21)12-18(26)23-14(2)15-6-10-17(22)11-7-15/h4-11,14H,12H2,1-3H3,(H,23,26)(H,24,28). The lowest BCUT2D eigenvalue weighted by molar-refractivity contribution is -0.135. The Labute approximate surface area is 172 Å². The highest BCUT2D eigenvalue weighted by Gasteiger charge is 2.49. The van der Waals surface area contributed by atoms with E-state index in [1.54, 1.807) is 6.92 Å². The number of nitrogens with zero attached hydrogens (tertiary/aromatic N) is 1. The van der Waals surface area contributed by atoms with E-state index in [9.17, 15) is 14.4 Å². The summed E-state index contributed by atoms with van der Waals surface area (Å²) in [5.41, 5.74) is 1.49. The van der Waals surface area contributed by atoms with E-state index < -0.39 is 23.4 Å². The maximum absolute atomic E-state index is 12.9. The first-order chi connectivity index (χ1) is 13.2. The van der Waals surface area contributed by atoms with Crippen molar-refractivity contribution in [3.8, 4) is 0 Å². The highest BCUT2D eigenvalue weighted by molar-refractivity contribution is 9.10. The van der Waals surface area contributed by atoms with Crippen molar-refractivity contribution in [3.05, 3.63) is 69.7 Å². The lowest BCUT2D eigenvalue weighted by atomic mass is 9.91. The first kappa shape index (κ1) is 20.1. The molecule has 28 heavy (non-hydrogen) atoms. The molecule has 1 aliphatic rings. The van der Waals surface area contributed by atoms with Crippen LogP contribution in [0, 0.1) is 6.92 Å². The minimum absolute atomic E-state index is 0.246. The van der Waals surface area contributed by atoms with Crippen LogP contribution in [0.1, 0.15) is 36.6 Å². The van der Waals surface area contributed by atoms with E-state index in [1.807, 2.05) is 62.4 Å². The van der Waals surface area contributed by atoms with E-state index >= 15 is 0 Å². The Hall–Kier alpha value is -2.67. The molecule has 1 fully saturated rings. The third-order valence-corrected chi connectivity index (χ3v) is 5.48. The molecule has 0 bridgehead atoms. The predicted octanol–water partition coefficient (Wildman–Crippen LogP) is 3.40. The van der Waals surface area contributed by atoms with E-state index in [0.717, 1.165) is 20.5 Å². The fourth-order valence-corrected chi connectivity index (χ4v) is 3.45. The van der Waals surface area contributed by atoms with Crippen molar-refractivity contribution in [2.45, 2.75) is 32.4 Å². The molecular formula is C21H22BrN3O3. The molecule has 2 aromatic rings. The molecule has 2 aromatic carbocycles. The Bertz CT molecular complexity index is 911. The van der Waals surface area contributed by atoms with Gasteiger partial charge in [0.25, 0.3) is 5.91 Å². The summed E-state index contributed by atoms with van der Waals surface area (Å²) >= 11 is 3.37. The average molecular weight is 444 g/mol. The molecule has 146 valence electrons. The number of rotatable bonds is 5. The molecule has 2 N–H and O–H groups in total. The van der Waals surface area contributed by atoms with Gasteiger partial charge < -0.3 is 10.6 Å². The maximum Gasteiger partial charge on any atom is 0.325 e. The highest BCUT2D eigenvalue weighted by Crippen LogP contribution is 2.29. The van der Waals surface area contributed by atoms with E-state index in [2.05, 4.69) is 26.6 Å². The van der Waals surface area contributed by atoms with Crippen LogP contribution in [0.4, 0.5) is 4.79 Å². The minimum atomic E-state index is -1.18. The summed E-state index contributed by atoms with van der Waals surface area (Å²) < 4.78 is 0.949. The van der Waals surface area contributed by atoms with Crippen LogP contribution in [0.3, 0.4) is 0 Å². The molecule has 4 amide bonds. The van der Waals surface area contributed by atoms with E-state index in [4.69, 9.17) is 0 Å². The minimum Gasteiger partial charge on any atom is -0.348 e. The molecular weight excluding hydrogens is 422 g/mol. The number of urea groups is 1. The van der Waals surface area contributed by atoms with E-state index in [-0.39, 0.29) is 12.6 Å².